The maximum absolute atomic E-state index is 5.21. The van der Waals surface area contributed by atoms with E-state index in [0.717, 1.165) is 56.0 Å². The molecule has 0 radical (unpaired) electrons. The minimum Gasteiger partial charge on any atom is -0.324 e. The topological polar surface area (TPSA) is 49.6 Å². The highest BCUT2D eigenvalue weighted by Crippen LogP contribution is 2.34. The molecule has 4 nitrogen and oxygen atoms in total. The molecule has 1 aromatic heterocycles. The highest BCUT2D eigenvalue weighted by molar-refractivity contribution is 6.22. The van der Waals surface area contributed by atoms with Crippen LogP contribution in [0.15, 0.2) is 156 Å². The molecule has 1 atom stereocenters. The second-order valence-electron chi connectivity index (χ2n) is 9.75. The van der Waals surface area contributed by atoms with Gasteiger partial charge in [-0.3, -0.25) is 4.98 Å². The van der Waals surface area contributed by atoms with E-state index in [1.807, 2.05) is 60.9 Å². The summed E-state index contributed by atoms with van der Waals surface area (Å²) in [5.41, 5.74) is 7.70. The zero-order valence-electron chi connectivity index (χ0n) is 21.8. The van der Waals surface area contributed by atoms with Crippen LogP contribution in [0.25, 0.3) is 33.0 Å². The molecule has 0 saturated heterocycles. The molecule has 190 valence electrons. The lowest BCUT2D eigenvalue weighted by Gasteiger charge is -2.24. The van der Waals surface area contributed by atoms with Crippen LogP contribution in [0.5, 0.6) is 0 Å². The van der Waals surface area contributed by atoms with Gasteiger partial charge in [0, 0.05) is 23.5 Å². The van der Waals surface area contributed by atoms with Crippen molar-refractivity contribution >= 4 is 22.4 Å². The van der Waals surface area contributed by atoms with Crippen molar-refractivity contribution in [3.63, 3.8) is 0 Å². The third-order valence-corrected chi connectivity index (χ3v) is 7.26. The Bertz CT molecular complexity index is 1840. The first kappa shape index (κ1) is 23.7. The summed E-state index contributed by atoms with van der Waals surface area (Å²) in [4.78, 5) is 14.4. The highest BCUT2D eigenvalue weighted by Gasteiger charge is 2.24. The second-order valence-corrected chi connectivity index (χ2v) is 9.75. The molecule has 4 heteroatoms. The van der Waals surface area contributed by atoms with E-state index in [4.69, 9.17) is 9.98 Å². The van der Waals surface area contributed by atoms with Gasteiger partial charge in [-0.25, -0.2) is 9.98 Å². The van der Waals surface area contributed by atoms with E-state index in [1.165, 1.54) is 5.39 Å². The van der Waals surface area contributed by atoms with Crippen LogP contribution in [0.1, 0.15) is 22.9 Å². The first-order chi connectivity index (χ1) is 19.8. The summed E-state index contributed by atoms with van der Waals surface area (Å²) in [6.07, 6.45) is 3.30. The average molecular weight is 515 g/mol. The molecule has 2 heterocycles. The highest BCUT2D eigenvalue weighted by atomic mass is 15.2. The number of nitrogens with one attached hydrogen (secondary N) is 1. The van der Waals surface area contributed by atoms with E-state index in [2.05, 4.69) is 95.2 Å². The molecular formula is C36H26N4. The van der Waals surface area contributed by atoms with Crippen molar-refractivity contribution < 1.29 is 0 Å². The summed E-state index contributed by atoms with van der Waals surface area (Å²) < 4.78 is 0. The van der Waals surface area contributed by atoms with Crippen LogP contribution in [0.2, 0.25) is 0 Å². The number of pyridine rings is 1. The molecule has 0 amide bonds. The molecule has 5 aromatic carbocycles. The first-order valence-corrected chi connectivity index (χ1v) is 13.4. The van der Waals surface area contributed by atoms with E-state index in [9.17, 15) is 0 Å². The molecule has 1 unspecified atom stereocenters. The Morgan fingerprint density at radius 3 is 1.88 bits per heavy atom. The van der Waals surface area contributed by atoms with Crippen LogP contribution in [0.4, 0.5) is 0 Å². The molecule has 0 aliphatic carbocycles. The van der Waals surface area contributed by atoms with Gasteiger partial charge < -0.3 is 5.32 Å². The van der Waals surface area contributed by atoms with Gasteiger partial charge >= 0.3 is 0 Å². The van der Waals surface area contributed by atoms with Crippen LogP contribution < -0.4 is 5.32 Å². The molecule has 1 aliphatic rings. The van der Waals surface area contributed by atoms with Crippen LogP contribution in [-0.4, -0.2) is 16.7 Å². The van der Waals surface area contributed by atoms with Gasteiger partial charge in [0.1, 0.15) is 11.7 Å². The lowest BCUT2D eigenvalue weighted by Crippen LogP contribution is -2.36. The molecule has 7 rings (SSSR count). The molecule has 0 bridgehead atoms. The summed E-state index contributed by atoms with van der Waals surface area (Å²) >= 11 is 0. The van der Waals surface area contributed by atoms with Crippen molar-refractivity contribution in [1.82, 2.24) is 10.3 Å². The fourth-order valence-corrected chi connectivity index (χ4v) is 5.25. The molecule has 0 spiro atoms. The number of fused-ring (bicyclic) bond motifs is 1. The Morgan fingerprint density at radius 2 is 1.10 bits per heavy atom. The smallest absolute Gasteiger partial charge is 0.169 e. The van der Waals surface area contributed by atoms with E-state index in [-0.39, 0.29) is 6.17 Å². The normalized spacial score (nSPS) is 14.8. The van der Waals surface area contributed by atoms with Gasteiger partial charge in [0.15, 0.2) is 6.17 Å². The van der Waals surface area contributed by atoms with Gasteiger partial charge in [-0.1, -0.05) is 121 Å². The zero-order valence-corrected chi connectivity index (χ0v) is 21.8. The SMILES string of the molecule is c1ccc(C2=NC(c3ccccc3)N=C(c3c(-c4ccc(-c5ccncc5)cc4)ccc4ccccc34)N2)cc1. The van der Waals surface area contributed by atoms with E-state index in [0.29, 0.717) is 0 Å². The van der Waals surface area contributed by atoms with Crippen molar-refractivity contribution in [3.05, 3.63) is 163 Å². The van der Waals surface area contributed by atoms with Gasteiger partial charge in [-0.2, -0.15) is 0 Å². The Morgan fingerprint density at radius 1 is 0.475 bits per heavy atom. The predicted octanol–water partition coefficient (Wildman–Crippen LogP) is 8.06. The Kier molecular flexibility index (Phi) is 6.19. The average Bonchev–Trinajstić information content (AvgIpc) is 3.05. The predicted molar refractivity (Wildman–Crippen MR) is 164 cm³/mol. The van der Waals surface area contributed by atoms with Crippen molar-refractivity contribution in [2.24, 2.45) is 9.98 Å². The van der Waals surface area contributed by atoms with Gasteiger partial charge in [0.25, 0.3) is 0 Å². The Balaban J connectivity index is 1.40. The lowest BCUT2D eigenvalue weighted by atomic mass is 9.92. The first-order valence-electron chi connectivity index (χ1n) is 13.4. The number of nitrogens with zero attached hydrogens (tertiary/aromatic N) is 3. The maximum Gasteiger partial charge on any atom is 0.169 e. The van der Waals surface area contributed by atoms with Gasteiger partial charge in [0.2, 0.25) is 0 Å². The van der Waals surface area contributed by atoms with Gasteiger partial charge in [0.05, 0.1) is 0 Å². The number of rotatable bonds is 5. The lowest BCUT2D eigenvalue weighted by molar-refractivity contribution is 0.756. The third-order valence-electron chi connectivity index (χ3n) is 7.26. The van der Waals surface area contributed by atoms with Crippen molar-refractivity contribution in [3.8, 4) is 22.3 Å². The number of benzene rings is 5. The third kappa shape index (κ3) is 4.56. The number of amidine groups is 2. The number of hydrogen-bond acceptors (Lipinski definition) is 4. The van der Waals surface area contributed by atoms with Crippen molar-refractivity contribution in [2.45, 2.75) is 6.17 Å². The second kappa shape index (κ2) is 10.4. The van der Waals surface area contributed by atoms with Crippen LogP contribution in [0.3, 0.4) is 0 Å². The molecule has 1 aliphatic heterocycles. The minimum absolute atomic E-state index is 0.353. The zero-order chi connectivity index (χ0) is 26.7. The summed E-state index contributed by atoms with van der Waals surface area (Å²) in [5, 5.41) is 5.93. The van der Waals surface area contributed by atoms with E-state index >= 15 is 0 Å². The van der Waals surface area contributed by atoms with E-state index < -0.39 is 0 Å². The van der Waals surface area contributed by atoms with Crippen molar-refractivity contribution in [1.29, 1.82) is 0 Å². The standard InChI is InChI=1S/C36H26N4/c1-3-10-29(11-4-1)34-38-35(30-12-5-2-6-13-30)40-36(39-34)33-31-14-8-7-9-27(31)19-20-32(33)28-17-15-25(16-18-28)26-21-23-37-24-22-26/h1-24,34H,(H,38,39,40). The van der Waals surface area contributed by atoms with Crippen LogP contribution >= 0.6 is 0 Å². The Hall–Kier alpha value is -5.35. The molecule has 0 saturated carbocycles. The Labute approximate surface area is 233 Å². The maximum atomic E-state index is 5.21. The van der Waals surface area contributed by atoms with E-state index in [1.54, 1.807) is 0 Å². The molecular weight excluding hydrogens is 488 g/mol. The van der Waals surface area contributed by atoms with Crippen molar-refractivity contribution in [2.75, 3.05) is 0 Å². The van der Waals surface area contributed by atoms with Crippen LogP contribution in [0, 0.1) is 0 Å². The minimum atomic E-state index is -0.353. The van der Waals surface area contributed by atoms with Gasteiger partial charge in [-0.05, 0) is 50.7 Å². The molecule has 40 heavy (non-hydrogen) atoms. The number of aliphatic imine (C=N–C) groups is 2. The van der Waals surface area contributed by atoms with Crippen LogP contribution in [-0.2, 0) is 0 Å². The summed E-state index contributed by atoms with van der Waals surface area (Å²) in [7, 11) is 0. The monoisotopic (exact) mass is 514 g/mol. The summed E-state index contributed by atoms with van der Waals surface area (Å²) in [6, 6.07) is 46.2. The quantitative estimate of drug-likeness (QED) is 0.253. The summed E-state index contributed by atoms with van der Waals surface area (Å²) in [6.45, 7) is 0. The largest absolute Gasteiger partial charge is 0.324 e. The number of aromatic nitrogens is 1. The molecule has 6 aromatic rings. The molecule has 0 fully saturated rings. The van der Waals surface area contributed by atoms with Gasteiger partial charge in [-0.15, -0.1) is 0 Å². The number of hydrogen-bond donors (Lipinski definition) is 1. The fraction of sp³-hybridized carbons (Fsp3) is 0.0278. The summed E-state index contributed by atoms with van der Waals surface area (Å²) in [5.74, 6) is 1.62. The fourth-order valence-electron chi connectivity index (χ4n) is 5.25. The molecule has 1 N–H and O–H groups in total.